The van der Waals surface area contributed by atoms with Crippen molar-refractivity contribution in [1.29, 1.82) is 0 Å². The molecular formula is C17H29N. The summed E-state index contributed by atoms with van der Waals surface area (Å²) >= 11 is 0. The van der Waals surface area contributed by atoms with Crippen LogP contribution < -0.4 is 5.32 Å². The summed E-state index contributed by atoms with van der Waals surface area (Å²) < 4.78 is 0. The second kappa shape index (κ2) is 7.58. The number of aryl methyl sites for hydroxylation is 2. The lowest BCUT2D eigenvalue weighted by Gasteiger charge is -2.23. The van der Waals surface area contributed by atoms with E-state index in [2.05, 4.69) is 58.1 Å². The van der Waals surface area contributed by atoms with Crippen LogP contribution in [0.15, 0.2) is 18.2 Å². The van der Waals surface area contributed by atoms with E-state index in [-0.39, 0.29) is 0 Å². The summed E-state index contributed by atoms with van der Waals surface area (Å²) in [6.45, 7) is 13.6. The normalized spacial score (nSPS) is 13.0. The lowest BCUT2D eigenvalue weighted by Crippen LogP contribution is -2.28. The van der Waals surface area contributed by atoms with Crippen LogP contribution >= 0.6 is 0 Å². The van der Waals surface area contributed by atoms with Gasteiger partial charge in [0.25, 0.3) is 0 Å². The molecule has 0 aliphatic rings. The number of hydrogen-bond donors (Lipinski definition) is 1. The highest BCUT2D eigenvalue weighted by Gasteiger charge is 2.15. The molecule has 1 nitrogen and oxygen atoms in total. The summed E-state index contributed by atoms with van der Waals surface area (Å²) in [5.74, 6) is 1.46. The first kappa shape index (κ1) is 15.2. The molecule has 0 fully saturated rings. The molecular weight excluding hydrogens is 218 g/mol. The van der Waals surface area contributed by atoms with Gasteiger partial charge in [-0.25, -0.2) is 0 Å². The van der Waals surface area contributed by atoms with Gasteiger partial charge in [0, 0.05) is 0 Å². The Morgan fingerprint density at radius 1 is 1.11 bits per heavy atom. The maximum Gasteiger partial charge on any atom is -0.00149 e. The van der Waals surface area contributed by atoms with Gasteiger partial charge in [0.2, 0.25) is 0 Å². The van der Waals surface area contributed by atoms with E-state index in [1.807, 2.05) is 0 Å². The van der Waals surface area contributed by atoms with Crippen molar-refractivity contribution in [3.8, 4) is 0 Å². The van der Waals surface area contributed by atoms with Gasteiger partial charge >= 0.3 is 0 Å². The molecule has 0 aliphatic heterocycles. The van der Waals surface area contributed by atoms with Crippen LogP contribution in [0.5, 0.6) is 0 Å². The van der Waals surface area contributed by atoms with E-state index in [9.17, 15) is 0 Å². The van der Waals surface area contributed by atoms with Crippen LogP contribution in [-0.2, 0) is 6.42 Å². The molecule has 0 bridgehead atoms. The monoisotopic (exact) mass is 247 g/mol. The molecule has 0 radical (unpaired) electrons. The van der Waals surface area contributed by atoms with Crippen LogP contribution in [0.3, 0.4) is 0 Å². The minimum Gasteiger partial charge on any atom is -0.316 e. The summed E-state index contributed by atoms with van der Waals surface area (Å²) in [5.41, 5.74) is 4.43. The average molecular weight is 247 g/mol. The Kier molecular flexibility index (Phi) is 6.42. The Bertz CT molecular complexity index is 334. The third kappa shape index (κ3) is 4.45. The van der Waals surface area contributed by atoms with Gasteiger partial charge in [0.05, 0.1) is 0 Å². The Morgan fingerprint density at radius 2 is 1.72 bits per heavy atom. The van der Waals surface area contributed by atoms with Gasteiger partial charge in [-0.1, -0.05) is 39.0 Å². The molecule has 0 saturated heterocycles. The number of nitrogens with one attached hydrogen (secondary N) is 1. The van der Waals surface area contributed by atoms with Gasteiger partial charge in [-0.3, -0.25) is 0 Å². The third-order valence-electron chi connectivity index (χ3n) is 3.89. The van der Waals surface area contributed by atoms with E-state index < -0.39 is 0 Å². The molecule has 102 valence electrons. The molecule has 18 heavy (non-hydrogen) atoms. The molecule has 1 aromatic rings. The SMILES string of the molecule is CCCNCC(Cc1c(C)cccc1C)C(C)C. The number of rotatable bonds is 7. The second-order valence-corrected chi connectivity index (χ2v) is 5.78. The molecule has 1 atom stereocenters. The van der Waals surface area contributed by atoms with Crippen LogP contribution in [0, 0.1) is 25.7 Å². The summed E-state index contributed by atoms with van der Waals surface area (Å²) in [4.78, 5) is 0. The molecule has 1 rings (SSSR count). The van der Waals surface area contributed by atoms with E-state index in [1.54, 1.807) is 5.56 Å². The molecule has 0 aromatic heterocycles. The molecule has 1 N–H and O–H groups in total. The minimum atomic E-state index is 0.730. The molecule has 0 heterocycles. The summed E-state index contributed by atoms with van der Waals surface area (Å²) in [6, 6.07) is 6.63. The lowest BCUT2D eigenvalue weighted by molar-refractivity contribution is 0.360. The van der Waals surface area contributed by atoms with Crippen LogP contribution in [0.2, 0.25) is 0 Å². The molecule has 0 aliphatic carbocycles. The zero-order valence-electron chi connectivity index (χ0n) is 12.7. The van der Waals surface area contributed by atoms with Crippen LogP contribution in [0.1, 0.15) is 43.9 Å². The van der Waals surface area contributed by atoms with E-state index in [0.717, 1.165) is 24.9 Å². The van der Waals surface area contributed by atoms with Crippen molar-refractivity contribution in [1.82, 2.24) is 5.32 Å². The third-order valence-corrected chi connectivity index (χ3v) is 3.89. The fourth-order valence-corrected chi connectivity index (χ4v) is 2.44. The fraction of sp³-hybridized carbons (Fsp3) is 0.647. The lowest BCUT2D eigenvalue weighted by atomic mass is 9.86. The van der Waals surface area contributed by atoms with Crippen molar-refractivity contribution in [3.63, 3.8) is 0 Å². The van der Waals surface area contributed by atoms with E-state index in [1.165, 1.54) is 24.0 Å². The van der Waals surface area contributed by atoms with Gasteiger partial charge in [-0.2, -0.15) is 0 Å². The van der Waals surface area contributed by atoms with E-state index in [4.69, 9.17) is 0 Å². The predicted octanol–water partition coefficient (Wildman–Crippen LogP) is 4.12. The first-order valence-electron chi connectivity index (χ1n) is 7.32. The van der Waals surface area contributed by atoms with Crippen LogP contribution in [0.25, 0.3) is 0 Å². The smallest absolute Gasteiger partial charge is 0.00149 e. The zero-order chi connectivity index (χ0) is 13.5. The number of hydrogen-bond acceptors (Lipinski definition) is 1. The van der Waals surface area contributed by atoms with Crippen molar-refractivity contribution in [2.24, 2.45) is 11.8 Å². The summed E-state index contributed by atoms with van der Waals surface area (Å²) in [6.07, 6.45) is 2.42. The Balaban J connectivity index is 2.71. The first-order valence-corrected chi connectivity index (χ1v) is 7.32. The highest BCUT2D eigenvalue weighted by molar-refractivity contribution is 5.33. The molecule has 1 aromatic carbocycles. The van der Waals surface area contributed by atoms with Crippen molar-refractivity contribution < 1.29 is 0 Å². The molecule has 0 spiro atoms. The molecule has 0 saturated carbocycles. The predicted molar refractivity (Wildman–Crippen MR) is 81.1 cm³/mol. The van der Waals surface area contributed by atoms with Crippen molar-refractivity contribution in [2.75, 3.05) is 13.1 Å². The van der Waals surface area contributed by atoms with Crippen molar-refractivity contribution in [2.45, 2.75) is 47.5 Å². The van der Waals surface area contributed by atoms with Crippen molar-refractivity contribution >= 4 is 0 Å². The summed E-state index contributed by atoms with van der Waals surface area (Å²) in [7, 11) is 0. The summed E-state index contributed by atoms with van der Waals surface area (Å²) in [5, 5.41) is 3.58. The minimum absolute atomic E-state index is 0.730. The highest BCUT2D eigenvalue weighted by Crippen LogP contribution is 2.22. The van der Waals surface area contributed by atoms with Gasteiger partial charge < -0.3 is 5.32 Å². The molecule has 0 amide bonds. The second-order valence-electron chi connectivity index (χ2n) is 5.78. The molecule has 1 unspecified atom stereocenters. The van der Waals surface area contributed by atoms with Crippen LogP contribution in [-0.4, -0.2) is 13.1 Å². The standard InChI is InChI=1S/C17H29N/c1-6-10-18-12-16(13(2)3)11-17-14(4)8-7-9-15(17)5/h7-9,13,16,18H,6,10-12H2,1-5H3. The zero-order valence-corrected chi connectivity index (χ0v) is 12.7. The maximum atomic E-state index is 3.58. The van der Waals surface area contributed by atoms with Gasteiger partial charge in [0.15, 0.2) is 0 Å². The number of benzene rings is 1. The maximum absolute atomic E-state index is 3.58. The van der Waals surface area contributed by atoms with Gasteiger partial charge in [-0.15, -0.1) is 0 Å². The van der Waals surface area contributed by atoms with Crippen LogP contribution in [0.4, 0.5) is 0 Å². The van der Waals surface area contributed by atoms with Gasteiger partial charge in [0.1, 0.15) is 0 Å². The first-order chi connectivity index (χ1) is 8.56. The highest BCUT2D eigenvalue weighted by atomic mass is 14.9. The Morgan fingerprint density at radius 3 is 2.22 bits per heavy atom. The Hall–Kier alpha value is -0.820. The Labute approximate surface area is 113 Å². The van der Waals surface area contributed by atoms with Crippen molar-refractivity contribution in [3.05, 3.63) is 34.9 Å². The quantitative estimate of drug-likeness (QED) is 0.715. The van der Waals surface area contributed by atoms with E-state index in [0.29, 0.717) is 0 Å². The molecule has 1 heteroatoms. The van der Waals surface area contributed by atoms with E-state index >= 15 is 0 Å². The fourth-order valence-electron chi connectivity index (χ4n) is 2.44. The van der Waals surface area contributed by atoms with Gasteiger partial charge in [-0.05, 0) is 68.3 Å². The average Bonchev–Trinajstić information content (AvgIpc) is 2.31. The largest absolute Gasteiger partial charge is 0.316 e. The topological polar surface area (TPSA) is 12.0 Å².